The second kappa shape index (κ2) is 29.6. The van der Waals surface area contributed by atoms with Crippen molar-refractivity contribution in [2.45, 2.75) is 77.1 Å². The zero-order chi connectivity index (χ0) is 64.7. The second-order valence-corrected chi connectivity index (χ2v) is 22.3. The number of carboxylic acid groups (broad SMARTS) is 2. The van der Waals surface area contributed by atoms with Crippen LogP contribution in [0, 0.1) is 17.8 Å². The van der Waals surface area contributed by atoms with Crippen LogP contribution < -0.4 is 25.8 Å². The first-order valence-electron chi connectivity index (χ1n) is 29.8. The number of carboxylic acids is 2. The molecule has 472 valence electrons. The fourth-order valence-corrected chi connectivity index (χ4v) is 11.4. The summed E-state index contributed by atoms with van der Waals surface area (Å²) in [4.78, 5) is 59.0. The smallest absolute Gasteiger partial charge is 0.490 e. The van der Waals surface area contributed by atoms with E-state index in [1.54, 1.807) is 14.2 Å². The summed E-state index contributed by atoms with van der Waals surface area (Å²) >= 11 is 0. The number of rotatable bonds is 11. The van der Waals surface area contributed by atoms with E-state index in [1.807, 2.05) is 186 Å². The van der Waals surface area contributed by atoms with Crippen molar-refractivity contribution in [3.8, 4) is 11.5 Å². The lowest BCUT2D eigenvalue weighted by Gasteiger charge is -2.24. The van der Waals surface area contributed by atoms with Gasteiger partial charge in [-0.25, -0.2) is 29.1 Å². The molecule has 6 heterocycles. The maximum absolute atomic E-state index is 12.7. The molecule has 23 heteroatoms. The number of methoxy groups -OCH3 is 2. The number of amides is 2. The number of aliphatic carboxylic acids is 2. The van der Waals surface area contributed by atoms with Gasteiger partial charge in [-0.15, -0.1) is 0 Å². The van der Waals surface area contributed by atoms with E-state index in [-0.39, 0.29) is 29.6 Å². The van der Waals surface area contributed by atoms with Gasteiger partial charge in [-0.2, -0.15) is 28.5 Å². The quantitative estimate of drug-likeness (QED) is 0.0657. The normalized spacial score (nSPS) is 15.3. The van der Waals surface area contributed by atoms with Crippen molar-refractivity contribution in [3.05, 3.63) is 221 Å². The number of nitrogens with zero attached hydrogens (tertiary/aromatic N) is 8. The van der Waals surface area contributed by atoms with Crippen molar-refractivity contribution >= 4 is 73.9 Å². The van der Waals surface area contributed by atoms with Gasteiger partial charge in [0.2, 0.25) is 11.8 Å². The topological polar surface area (TPSA) is 280 Å². The molecule has 0 aliphatic heterocycles. The third-order valence-electron chi connectivity index (χ3n) is 16.2. The van der Waals surface area contributed by atoms with Crippen molar-refractivity contribution in [3.63, 3.8) is 0 Å². The van der Waals surface area contributed by atoms with Gasteiger partial charge in [-0.1, -0.05) is 78.9 Å². The van der Waals surface area contributed by atoms with Crippen LogP contribution in [0.25, 0.3) is 33.1 Å². The van der Waals surface area contributed by atoms with E-state index in [2.05, 4.69) is 41.0 Å². The predicted molar refractivity (Wildman–Crippen MR) is 342 cm³/mol. The van der Waals surface area contributed by atoms with Gasteiger partial charge in [0.1, 0.15) is 11.5 Å². The number of carbonyl (C=O) groups excluding carboxylic acids is 2. The number of halogens is 3. The number of benzene rings is 5. The Morgan fingerprint density at radius 1 is 0.543 bits per heavy atom. The Bertz CT molecular complexity index is 4320. The van der Waals surface area contributed by atoms with Gasteiger partial charge >= 0.3 is 18.1 Å². The Labute approximate surface area is 526 Å². The maximum atomic E-state index is 12.7. The van der Waals surface area contributed by atoms with Crippen molar-refractivity contribution in [2.75, 3.05) is 30.6 Å². The number of carbonyl (C=O) groups is 4. The number of anilines is 3. The number of ether oxygens (including phenoxy) is 2. The summed E-state index contributed by atoms with van der Waals surface area (Å²) in [5, 5.41) is 41.6. The molecule has 3 aliphatic carbocycles. The third-order valence-corrected chi connectivity index (χ3v) is 16.2. The molecule has 6 aromatic heterocycles. The molecule has 2 amide bonds. The molecule has 0 bridgehead atoms. The third kappa shape index (κ3) is 16.1. The van der Waals surface area contributed by atoms with Gasteiger partial charge in [0, 0.05) is 63.6 Å². The molecule has 3 aliphatic rings. The van der Waals surface area contributed by atoms with Crippen LogP contribution in [0.4, 0.5) is 30.2 Å². The predicted octanol–water partition coefficient (Wildman–Crippen LogP) is 11.5. The molecule has 3 atom stereocenters. The average molecular weight is 1250 g/mol. The molecule has 0 spiro atoms. The fourth-order valence-electron chi connectivity index (χ4n) is 11.4. The van der Waals surface area contributed by atoms with Gasteiger partial charge in [-0.3, -0.25) is 19.5 Å². The number of nitrogens with one attached hydrogen (secondary N) is 3. The Kier molecular flexibility index (Phi) is 20.6. The largest absolute Gasteiger partial charge is 0.497 e. The summed E-state index contributed by atoms with van der Waals surface area (Å²) in [5.74, 6) is -1.99. The summed E-state index contributed by atoms with van der Waals surface area (Å²) in [5.41, 5.74) is 19.8. The molecule has 3 unspecified atom stereocenters. The van der Waals surface area contributed by atoms with E-state index in [9.17, 15) is 32.7 Å². The first-order chi connectivity index (χ1) is 44.5. The lowest BCUT2D eigenvalue weighted by atomic mass is 9.83. The van der Waals surface area contributed by atoms with E-state index in [0.717, 1.165) is 128 Å². The number of nitrogens with two attached hydrogens (primary N) is 1. The number of aryl methyl sites for hydroxylation is 3. The molecule has 20 nitrogen and oxygen atoms in total. The molecule has 0 fully saturated rings. The van der Waals surface area contributed by atoms with E-state index in [0.29, 0.717) is 32.4 Å². The van der Waals surface area contributed by atoms with Gasteiger partial charge in [-0.05, 0) is 163 Å². The van der Waals surface area contributed by atoms with Crippen LogP contribution in [0.15, 0.2) is 177 Å². The molecule has 0 saturated carbocycles. The number of para-hydroxylation sites is 3. The lowest BCUT2D eigenvalue weighted by molar-refractivity contribution is -0.192. The average Bonchev–Trinajstić information content (AvgIpc) is 2.02. The Morgan fingerprint density at radius 2 is 0.935 bits per heavy atom. The van der Waals surface area contributed by atoms with E-state index in [1.165, 1.54) is 16.7 Å². The maximum Gasteiger partial charge on any atom is 0.490 e. The molecule has 7 N–H and O–H groups in total. The molecular formula is C69H67F3N12O8. The highest BCUT2D eigenvalue weighted by molar-refractivity contribution is 5.94. The van der Waals surface area contributed by atoms with Crippen LogP contribution >= 0.6 is 0 Å². The highest BCUT2D eigenvalue weighted by Gasteiger charge is 2.38. The minimum absolute atomic E-state index is 0.00106. The molecule has 11 aromatic rings. The zero-order valence-corrected chi connectivity index (χ0v) is 50.4. The number of alkyl halides is 3. The standard InChI is InChI=1S/C25H24N4O2.C19H19N3O3.C17H16N4O.C6H7N.C2HF3O2/c1-31-21-10-7-17(8-11-21)16-29-24-23(15-27-29)22-12-9-18(13-19(22)14-26-24)25(30)28-20-5-3-2-4-6-20;1-25-15-5-2-12(3-6-15)11-22-18-17(10-21-22)16-7-4-13(19(23)24)8-14(16)9-20-18;22-17(20-13-4-2-1-3-5-13)11-6-7-14-12(8-11)9-18-16-15(14)10-19-21-16;7-6-4-2-1-3-5-6;3-2(4,5)1(6)7/h2-8,10-11,14-15,18H,9,12-13,16H2,1H3,(H,28,30);2-3,5-6,9-10,13H,4,7-8,11H2,1H3,(H,23,24);1-5,9-11H,6-8H2,(H,20,22)(H,18,19,21);1-5H,7H2;(H,6,7). The van der Waals surface area contributed by atoms with Gasteiger partial charge in [0.15, 0.2) is 16.9 Å². The van der Waals surface area contributed by atoms with E-state index < -0.39 is 18.1 Å². The molecule has 0 saturated heterocycles. The number of aromatic nitrogens is 9. The Balaban J connectivity index is 0.000000138. The zero-order valence-electron chi connectivity index (χ0n) is 50.4. The van der Waals surface area contributed by atoms with Crippen LogP contribution in [-0.2, 0) is 70.8 Å². The van der Waals surface area contributed by atoms with Crippen LogP contribution in [-0.4, -0.2) is 99.1 Å². The SMILES string of the molecule is COc1ccc(Cn2ncc3c4c(cnc32)CC(C(=O)Nc2ccccc2)CC4)cc1.COc1ccc(Cn2ncc3c4c(cnc32)CC(C(=O)O)CC4)cc1.Nc1ccccc1.O=C(Nc1ccccc1)C1CCc2c(cnc3[nH]ncc23)C1.O=C(O)C(F)(F)F. The van der Waals surface area contributed by atoms with Crippen LogP contribution in [0.5, 0.6) is 11.5 Å². The summed E-state index contributed by atoms with van der Waals surface area (Å²) in [6.07, 6.45) is 13.0. The number of hydrogen-bond donors (Lipinski definition) is 6. The van der Waals surface area contributed by atoms with Crippen molar-refractivity contribution in [2.24, 2.45) is 17.8 Å². The van der Waals surface area contributed by atoms with Gasteiger partial charge in [0.05, 0.1) is 51.8 Å². The van der Waals surface area contributed by atoms with Crippen LogP contribution in [0.2, 0.25) is 0 Å². The molecule has 92 heavy (non-hydrogen) atoms. The minimum atomic E-state index is -5.08. The highest BCUT2D eigenvalue weighted by Crippen LogP contribution is 2.34. The number of H-pyrrole nitrogens is 1. The minimum Gasteiger partial charge on any atom is -0.497 e. The summed E-state index contributed by atoms with van der Waals surface area (Å²) < 4.78 is 46.0. The van der Waals surface area contributed by atoms with E-state index >= 15 is 0 Å². The first-order valence-corrected chi connectivity index (χ1v) is 29.8. The van der Waals surface area contributed by atoms with Crippen molar-refractivity contribution in [1.82, 2.24) is 44.7 Å². The number of hydrogen-bond acceptors (Lipinski definition) is 13. The lowest BCUT2D eigenvalue weighted by Crippen LogP contribution is -2.28. The number of nitrogen functional groups attached to an aromatic ring is 1. The highest BCUT2D eigenvalue weighted by atomic mass is 19.4. The van der Waals surface area contributed by atoms with Gasteiger partial charge in [0.25, 0.3) is 0 Å². The summed E-state index contributed by atoms with van der Waals surface area (Å²) in [7, 11) is 3.32. The molecule has 14 rings (SSSR count). The number of fused-ring (bicyclic) bond motifs is 9. The van der Waals surface area contributed by atoms with Crippen molar-refractivity contribution in [1.29, 1.82) is 0 Å². The fraction of sp³-hybridized carbons (Fsp3) is 0.246. The summed E-state index contributed by atoms with van der Waals surface area (Å²) in [6.45, 7) is 1.29. The summed E-state index contributed by atoms with van der Waals surface area (Å²) in [6, 6.07) is 44.6. The van der Waals surface area contributed by atoms with E-state index in [4.69, 9.17) is 30.1 Å². The van der Waals surface area contributed by atoms with Crippen LogP contribution in [0.3, 0.4) is 0 Å². The Morgan fingerprint density at radius 3 is 1.33 bits per heavy atom. The van der Waals surface area contributed by atoms with Gasteiger partial charge < -0.3 is 36.1 Å². The number of aromatic amines is 1. The molecule has 5 aromatic carbocycles. The van der Waals surface area contributed by atoms with Crippen molar-refractivity contribution < 1.29 is 52.0 Å². The molecular weight excluding hydrogens is 1180 g/mol. The molecule has 0 radical (unpaired) electrons. The van der Waals surface area contributed by atoms with Crippen LogP contribution in [0.1, 0.15) is 63.8 Å². The second-order valence-electron chi connectivity index (χ2n) is 22.3. The Hall–Kier alpha value is -11.0. The number of pyridine rings is 3. The first kappa shape index (κ1) is 64.0. The monoisotopic (exact) mass is 1250 g/mol.